The summed E-state index contributed by atoms with van der Waals surface area (Å²) in [6.45, 7) is 0.274. The Morgan fingerprint density at radius 3 is 2.58 bits per heavy atom. The van der Waals surface area contributed by atoms with Crippen molar-refractivity contribution < 1.29 is 23.0 Å². The van der Waals surface area contributed by atoms with E-state index in [9.17, 15) is 9.18 Å². The third-order valence-electron chi connectivity index (χ3n) is 5.89. The first kappa shape index (κ1) is 20.9. The molecule has 0 N–H and O–H groups in total. The number of likely N-dealkylation sites (N-methyl/N-ethyl adjacent to an activating group) is 1. The zero-order valence-electron chi connectivity index (χ0n) is 18.3. The molecule has 1 saturated heterocycles. The second-order valence-electron chi connectivity index (χ2n) is 7.72. The number of amides is 2. The number of ether oxygens (including phenoxy) is 2. The third-order valence-corrected chi connectivity index (χ3v) is 5.89. The van der Waals surface area contributed by atoms with E-state index in [4.69, 9.17) is 9.47 Å². The van der Waals surface area contributed by atoms with Gasteiger partial charge in [0.25, 0.3) is 0 Å². The fourth-order valence-electron chi connectivity index (χ4n) is 4.27. The van der Waals surface area contributed by atoms with E-state index in [0.717, 1.165) is 29.3 Å². The number of anilines is 1. The van der Waals surface area contributed by atoms with Gasteiger partial charge in [-0.25, -0.2) is 19.1 Å². The third kappa shape index (κ3) is 3.03. The number of urea groups is 1. The van der Waals surface area contributed by atoms with Crippen LogP contribution in [0.4, 0.5) is 19.4 Å². The highest BCUT2D eigenvalue weighted by Crippen LogP contribution is 2.36. The summed E-state index contributed by atoms with van der Waals surface area (Å²) in [4.78, 5) is 24.4. The van der Waals surface area contributed by atoms with Crippen molar-refractivity contribution in [3.63, 3.8) is 0 Å². The Balaban J connectivity index is 1.82. The monoisotopic (exact) mass is 454 g/mol. The van der Waals surface area contributed by atoms with Gasteiger partial charge in [-0.3, -0.25) is 9.67 Å². The Morgan fingerprint density at radius 1 is 1.12 bits per heavy atom. The van der Waals surface area contributed by atoms with Crippen LogP contribution in [0.3, 0.4) is 0 Å². The highest BCUT2D eigenvalue weighted by Gasteiger charge is 2.44. The van der Waals surface area contributed by atoms with Crippen LogP contribution in [0.25, 0.3) is 16.8 Å². The van der Waals surface area contributed by atoms with Crippen molar-refractivity contribution in [1.82, 2.24) is 19.7 Å². The van der Waals surface area contributed by atoms with Gasteiger partial charge in [-0.2, -0.15) is 9.49 Å². The Labute approximate surface area is 187 Å². The number of nitrogens with zero attached hydrogens (tertiary/aromatic N) is 6. The summed E-state index contributed by atoms with van der Waals surface area (Å²) in [7, 11) is 6.12. The Kier molecular flexibility index (Phi) is 4.76. The molecule has 170 valence electrons. The van der Waals surface area contributed by atoms with Crippen molar-refractivity contribution in [1.29, 1.82) is 0 Å². The van der Waals surface area contributed by atoms with Gasteiger partial charge in [0.05, 0.1) is 50.3 Å². The quantitative estimate of drug-likeness (QED) is 0.596. The van der Waals surface area contributed by atoms with Crippen LogP contribution < -0.4 is 24.9 Å². The minimum Gasteiger partial charge on any atom is -0.496 e. The van der Waals surface area contributed by atoms with E-state index in [2.05, 4.69) is 15.1 Å². The highest BCUT2D eigenvalue weighted by atomic mass is 19.1. The summed E-state index contributed by atoms with van der Waals surface area (Å²) in [6.07, 6.45) is 4.37. The molecular weight excluding hydrogens is 434 g/mol. The standard InChI is InChI=1S/C22H20F2N6O3/c1-28-10-11(7-27-28)12-5-13-15(6-17(12)32-3)25-9-16-19(13)30(22(31)29(16)2)21-18(24)20(33-4)14(23)8-26-21/h5-8,10,16H,9H2,1-4H3. The number of fused-ring (bicyclic) bond motifs is 2. The summed E-state index contributed by atoms with van der Waals surface area (Å²) in [5.74, 6) is -2.37. The van der Waals surface area contributed by atoms with Crippen LogP contribution in [-0.4, -0.2) is 59.5 Å². The molecule has 3 aromatic rings. The Bertz CT molecular complexity index is 1420. The maximum absolute atomic E-state index is 15.2. The molecule has 0 aliphatic carbocycles. The van der Waals surface area contributed by atoms with Crippen LogP contribution >= 0.6 is 0 Å². The summed E-state index contributed by atoms with van der Waals surface area (Å²) < 4.78 is 41.3. The molecule has 11 heteroatoms. The number of hydrogen-bond donors (Lipinski definition) is 0. The average molecular weight is 454 g/mol. The van der Waals surface area contributed by atoms with Crippen molar-refractivity contribution in [3.8, 4) is 22.6 Å². The van der Waals surface area contributed by atoms with Crippen LogP contribution in [0, 0.1) is 11.6 Å². The molecule has 0 radical (unpaired) electrons. The van der Waals surface area contributed by atoms with E-state index < -0.39 is 29.5 Å². The zero-order valence-corrected chi connectivity index (χ0v) is 18.3. The number of methoxy groups -OCH3 is 2. The lowest BCUT2D eigenvalue weighted by molar-refractivity contribution is 0.220. The molecule has 1 aromatic carbocycles. The van der Waals surface area contributed by atoms with Gasteiger partial charge in [0.2, 0.25) is 5.82 Å². The number of carbonyl (C=O) groups is 1. The van der Waals surface area contributed by atoms with Gasteiger partial charge in [-0.15, -0.1) is 0 Å². The van der Waals surface area contributed by atoms with E-state index >= 15 is 4.39 Å². The summed E-state index contributed by atoms with van der Waals surface area (Å²) in [5.41, 5.74) is 2.04. The van der Waals surface area contributed by atoms with E-state index in [-0.39, 0.29) is 12.4 Å². The molecule has 0 spiro atoms. The maximum Gasteiger partial charge on any atom is 0.330 e. The summed E-state index contributed by atoms with van der Waals surface area (Å²) >= 11 is 0. The number of aromatic nitrogens is 3. The summed E-state index contributed by atoms with van der Waals surface area (Å²) in [5, 5.41) is 5.43. The van der Waals surface area contributed by atoms with E-state index in [1.807, 2.05) is 12.3 Å². The van der Waals surface area contributed by atoms with Crippen LogP contribution in [-0.2, 0) is 7.05 Å². The first-order chi connectivity index (χ1) is 15.8. The molecule has 1 unspecified atom stereocenters. The molecule has 2 aromatic heterocycles. The van der Waals surface area contributed by atoms with Crippen molar-refractivity contribution in [2.24, 2.45) is 12.0 Å². The topological polar surface area (TPSA) is 85.1 Å². The second kappa shape index (κ2) is 7.54. The molecule has 2 amide bonds. The predicted molar refractivity (Wildman–Crippen MR) is 114 cm³/mol. The second-order valence-corrected chi connectivity index (χ2v) is 7.72. The number of benzene rings is 1. The largest absolute Gasteiger partial charge is 0.496 e. The molecule has 2 aliphatic heterocycles. The lowest BCUT2D eigenvalue weighted by Gasteiger charge is -2.22. The predicted octanol–water partition coefficient (Wildman–Crippen LogP) is 1.46. The highest BCUT2D eigenvalue weighted by molar-refractivity contribution is 6.07. The zero-order chi connectivity index (χ0) is 23.4. The lowest BCUT2D eigenvalue weighted by Crippen LogP contribution is -2.42. The van der Waals surface area contributed by atoms with E-state index in [0.29, 0.717) is 22.0 Å². The maximum atomic E-state index is 15.2. The molecule has 2 aliphatic rings. The van der Waals surface area contributed by atoms with E-state index in [1.54, 1.807) is 38.2 Å². The number of rotatable bonds is 4. The molecule has 1 atom stereocenters. The van der Waals surface area contributed by atoms with Crippen molar-refractivity contribution >= 4 is 17.5 Å². The smallest absolute Gasteiger partial charge is 0.330 e. The Hall–Kier alpha value is -4.02. The van der Waals surface area contributed by atoms with Gasteiger partial charge in [-0.05, 0) is 6.07 Å². The van der Waals surface area contributed by atoms with Crippen molar-refractivity contribution in [2.75, 3.05) is 32.7 Å². The van der Waals surface area contributed by atoms with Gasteiger partial charge in [-0.1, -0.05) is 0 Å². The molecule has 4 heterocycles. The van der Waals surface area contributed by atoms with Crippen LogP contribution in [0.1, 0.15) is 0 Å². The normalized spacial score (nSPS) is 17.1. The first-order valence-electron chi connectivity index (χ1n) is 10.1. The van der Waals surface area contributed by atoms with Crippen LogP contribution in [0.15, 0.2) is 35.7 Å². The van der Waals surface area contributed by atoms with Crippen molar-refractivity contribution in [3.05, 3.63) is 52.9 Å². The number of hydrogen-bond acceptors (Lipinski definition) is 6. The summed E-state index contributed by atoms with van der Waals surface area (Å²) in [6, 6.07) is 2.67. The van der Waals surface area contributed by atoms with Gasteiger partial charge in [0, 0.05) is 42.7 Å². The molecule has 9 nitrogen and oxygen atoms in total. The molecule has 0 saturated carbocycles. The lowest BCUT2D eigenvalue weighted by atomic mass is 10.0. The number of carbonyl (C=O) groups excluding carboxylic acids is 1. The SMILES string of the molecule is COc1cc2c(cc1-c1cnn(C)c1)=C1C(CN=2)N(C)C(=O)N1c1ncc(F)c(OC)c1F. The van der Waals surface area contributed by atoms with Crippen LogP contribution in [0.2, 0.25) is 0 Å². The number of aryl methyl sites for hydroxylation is 1. The molecule has 5 rings (SSSR count). The van der Waals surface area contributed by atoms with Gasteiger partial charge in [0.15, 0.2) is 17.4 Å². The van der Waals surface area contributed by atoms with Gasteiger partial charge >= 0.3 is 6.03 Å². The van der Waals surface area contributed by atoms with Gasteiger partial charge in [0.1, 0.15) is 5.75 Å². The molecule has 1 fully saturated rings. The Morgan fingerprint density at radius 2 is 1.91 bits per heavy atom. The number of halogens is 2. The molecular formula is C22H20F2N6O3. The molecule has 33 heavy (non-hydrogen) atoms. The fourth-order valence-corrected chi connectivity index (χ4v) is 4.27. The molecule has 0 bridgehead atoms. The first-order valence-corrected chi connectivity index (χ1v) is 10.1. The number of pyridine rings is 1. The minimum atomic E-state index is -1.06. The van der Waals surface area contributed by atoms with Crippen molar-refractivity contribution in [2.45, 2.75) is 6.04 Å². The van der Waals surface area contributed by atoms with Crippen LogP contribution in [0.5, 0.6) is 11.5 Å². The average Bonchev–Trinajstić information content (AvgIpc) is 3.35. The minimum absolute atomic E-state index is 0.274. The van der Waals surface area contributed by atoms with Gasteiger partial charge < -0.3 is 14.4 Å². The van der Waals surface area contributed by atoms with E-state index in [1.165, 1.54) is 4.90 Å². The fraction of sp³-hybridized carbons (Fsp3) is 0.273.